The summed E-state index contributed by atoms with van der Waals surface area (Å²) in [5.41, 5.74) is 12.0. The third kappa shape index (κ3) is 2.81. The van der Waals surface area contributed by atoms with Crippen LogP contribution in [0, 0.1) is 0 Å². The van der Waals surface area contributed by atoms with Crippen LogP contribution in [0.2, 0.25) is 0 Å². The van der Waals surface area contributed by atoms with Crippen LogP contribution < -0.4 is 0 Å². The van der Waals surface area contributed by atoms with E-state index in [9.17, 15) is 0 Å². The molecule has 1 heteroatoms. The van der Waals surface area contributed by atoms with Crippen LogP contribution >= 0.6 is 11.8 Å². The number of hydrogen-bond acceptors (Lipinski definition) is 1. The molecule has 6 aromatic carbocycles. The zero-order chi connectivity index (χ0) is 24.6. The van der Waals surface area contributed by atoms with E-state index < -0.39 is 0 Å². The van der Waals surface area contributed by atoms with Gasteiger partial charge < -0.3 is 0 Å². The fourth-order valence-corrected chi connectivity index (χ4v) is 7.80. The summed E-state index contributed by atoms with van der Waals surface area (Å²) in [7, 11) is 0. The topological polar surface area (TPSA) is 0 Å². The number of hydrogen-bond donors (Lipinski definition) is 0. The van der Waals surface area contributed by atoms with Crippen LogP contribution in [0.4, 0.5) is 0 Å². The average molecular weight is 489 g/mol. The Bertz CT molecular complexity index is 1860. The highest BCUT2D eigenvalue weighted by Crippen LogP contribution is 2.57. The molecule has 0 aromatic heterocycles. The molecule has 0 N–H and O–H groups in total. The largest absolute Gasteiger partial charge is 0.0888 e. The predicted molar refractivity (Wildman–Crippen MR) is 156 cm³/mol. The summed E-state index contributed by atoms with van der Waals surface area (Å²) >= 11 is 1.89. The molecule has 0 bridgehead atoms. The van der Waals surface area contributed by atoms with Gasteiger partial charge in [0.2, 0.25) is 0 Å². The highest BCUT2D eigenvalue weighted by molar-refractivity contribution is 7.99. The van der Waals surface area contributed by atoms with Gasteiger partial charge in [-0.25, -0.2) is 0 Å². The number of rotatable bonds is 2. The molecule has 0 amide bonds. The van der Waals surface area contributed by atoms with Crippen LogP contribution in [-0.2, 0) is 5.41 Å². The molecule has 0 saturated heterocycles. The molecule has 174 valence electrons. The van der Waals surface area contributed by atoms with Crippen LogP contribution in [0.25, 0.3) is 44.2 Å². The Morgan fingerprint density at radius 2 is 1.11 bits per heavy atom. The molecule has 0 radical (unpaired) electrons. The lowest BCUT2D eigenvalue weighted by atomic mass is 9.74. The van der Waals surface area contributed by atoms with Crippen LogP contribution in [-0.4, -0.2) is 0 Å². The summed E-state index contributed by atoms with van der Waals surface area (Å²) in [4.78, 5) is 2.67. The molecule has 1 aliphatic heterocycles. The molecule has 1 heterocycles. The molecule has 8 rings (SSSR count). The second-order valence-corrected chi connectivity index (χ2v) is 11.3. The zero-order valence-electron chi connectivity index (χ0n) is 20.5. The Morgan fingerprint density at radius 1 is 0.459 bits per heavy atom. The maximum Gasteiger partial charge on any atom is 0.0435 e. The second kappa shape index (κ2) is 7.71. The Hall–Kier alpha value is -4.07. The van der Waals surface area contributed by atoms with Gasteiger partial charge >= 0.3 is 0 Å². The van der Waals surface area contributed by atoms with Gasteiger partial charge in [-0.2, -0.15) is 0 Å². The SMILES string of the molecule is CC1(c2ccccc2)c2ccccc2-c2c(-c3ccc4cccc5c4c3-c3ccccc3S5)cccc21. The molecule has 2 aliphatic rings. The maximum atomic E-state index is 2.39. The Labute approximate surface area is 221 Å². The monoisotopic (exact) mass is 488 g/mol. The summed E-state index contributed by atoms with van der Waals surface area (Å²) < 4.78 is 0. The van der Waals surface area contributed by atoms with Crippen LogP contribution in [0.5, 0.6) is 0 Å². The summed E-state index contributed by atoms with van der Waals surface area (Å²) in [5, 5.41) is 2.68. The number of fused-ring (bicyclic) bond motifs is 5. The van der Waals surface area contributed by atoms with Crippen LogP contribution in [0.1, 0.15) is 23.6 Å². The first-order valence-electron chi connectivity index (χ1n) is 12.9. The minimum Gasteiger partial charge on any atom is -0.0888 e. The van der Waals surface area contributed by atoms with Crippen molar-refractivity contribution >= 4 is 22.5 Å². The van der Waals surface area contributed by atoms with E-state index in [0.29, 0.717) is 0 Å². The lowest BCUT2D eigenvalue weighted by Crippen LogP contribution is -2.22. The van der Waals surface area contributed by atoms with E-state index in [-0.39, 0.29) is 5.41 Å². The molecular weight excluding hydrogens is 464 g/mol. The molecule has 1 aliphatic carbocycles. The first-order chi connectivity index (χ1) is 18.2. The zero-order valence-corrected chi connectivity index (χ0v) is 21.3. The van der Waals surface area contributed by atoms with E-state index >= 15 is 0 Å². The van der Waals surface area contributed by atoms with E-state index in [1.165, 1.54) is 70.6 Å². The van der Waals surface area contributed by atoms with Gasteiger partial charge in [0.1, 0.15) is 0 Å². The fourth-order valence-electron chi connectivity index (χ4n) is 6.66. The minimum atomic E-state index is -0.198. The molecule has 0 nitrogen and oxygen atoms in total. The molecule has 0 spiro atoms. The van der Waals surface area contributed by atoms with Gasteiger partial charge in [0.05, 0.1) is 0 Å². The van der Waals surface area contributed by atoms with Crippen molar-refractivity contribution in [3.05, 3.63) is 144 Å². The van der Waals surface area contributed by atoms with Crippen molar-refractivity contribution in [1.29, 1.82) is 0 Å². The van der Waals surface area contributed by atoms with Crippen molar-refractivity contribution < 1.29 is 0 Å². The van der Waals surface area contributed by atoms with Gasteiger partial charge in [-0.3, -0.25) is 0 Å². The fraction of sp³-hybridized carbons (Fsp3) is 0.0556. The summed E-state index contributed by atoms with van der Waals surface area (Å²) in [6.07, 6.45) is 0. The Balaban J connectivity index is 1.49. The van der Waals surface area contributed by atoms with E-state index in [2.05, 4.69) is 134 Å². The summed E-state index contributed by atoms with van der Waals surface area (Å²) in [6.45, 7) is 2.39. The van der Waals surface area contributed by atoms with E-state index in [1.54, 1.807) is 0 Å². The highest BCUT2D eigenvalue weighted by atomic mass is 32.2. The highest BCUT2D eigenvalue weighted by Gasteiger charge is 2.41. The van der Waals surface area contributed by atoms with E-state index in [4.69, 9.17) is 0 Å². The molecule has 0 fully saturated rings. The average Bonchev–Trinajstić information content (AvgIpc) is 3.23. The van der Waals surface area contributed by atoms with Crippen molar-refractivity contribution in [1.82, 2.24) is 0 Å². The number of benzene rings is 6. The molecule has 37 heavy (non-hydrogen) atoms. The maximum absolute atomic E-state index is 2.39. The second-order valence-electron chi connectivity index (χ2n) is 10.2. The molecule has 1 unspecified atom stereocenters. The van der Waals surface area contributed by atoms with Gasteiger partial charge in [0.15, 0.2) is 0 Å². The van der Waals surface area contributed by atoms with Gasteiger partial charge in [0, 0.05) is 20.6 Å². The third-order valence-electron chi connectivity index (χ3n) is 8.36. The molecule has 6 aromatic rings. The lowest BCUT2D eigenvalue weighted by molar-refractivity contribution is 0.714. The Kier molecular flexibility index (Phi) is 4.39. The predicted octanol–water partition coefficient (Wildman–Crippen LogP) is 9.97. The smallest absolute Gasteiger partial charge is 0.0435 e. The quantitative estimate of drug-likeness (QED) is 0.233. The van der Waals surface area contributed by atoms with Crippen molar-refractivity contribution in [3.8, 4) is 33.4 Å². The van der Waals surface area contributed by atoms with E-state index in [1.807, 2.05) is 11.8 Å². The van der Waals surface area contributed by atoms with Crippen molar-refractivity contribution in [2.24, 2.45) is 0 Å². The lowest BCUT2D eigenvalue weighted by Gasteiger charge is -2.28. The first-order valence-corrected chi connectivity index (χ1v) is 13.7. The summed E-state index contributed by atoms with van der Waals surface area (Å²) in [6, 6.07) is 47.2. The third-order valence-corrected chi connectivity index (χ3v) is 9.50. The van der Waals surface area contributed by atoms with Gasteiger partial charge in [-0.1, -0.05) is 127 Å². The minimum absolute atomic E-state index is 0.198. The summed E-state index contributed by atoms with van der Waals surface area (Å²) in [5.74, 6) is 0. The van der Waals surface area contributed by atoms with Crippen LogP contribution in [0.3, 0.4) is 0 Å². The normalized spacial score (nSPS) is 16.8. The molecule has 0 saturated carbocycles. The van der Waals surface area contributed by atoms with Gasteiger partial charge in [-0.15, -0.1) is 0 Å². The first kappa shape index (κ1) is 21.1. The van der Waals surface area contributed by atoms with Crippen LogP contribution in [0.15, 0.2) is 137 Å². The van der Waals surface area contributed by atoms with Gasteiger partial charge in [0.25, 0.3) is 0 Å². The standard InChI is InChI=1S/C36H24S/c1-36(24-12-3-2-4-13-24)29-17-7-5-14-27(29)34-25(16-10-18-30(34)36)26-22-21-23-11-9-20-32-33(23)35(26)28-15-6-8-19-31(28)37-32/h2-22H,1H3. The molecular formula is C36H24S. The van der Waals surface area contributed by atoms with Gasteiger partial charge in [-0.05, 0) is 74.5 Å². The van der Waals surface area contributed by atoms with Crippen molar-refractivity contribution in [2.45, 2.75) is 22.1 Å². The Morgan fingerprint density at radius 3 is 2.00 bits per heavy atom. The van der Waals surface area contributed by atoms with E-state index in [0.717, 1.165) is 0 Å². The van der Waals surface area contributed by atoms with Crippen molar-refractivity contribution in [2.75, 3.05) is 0 Å². The molecule has 1 atom stereocenters. The van der Waals surface area contributed by atoms with Crippen molar-refractivity contribution in [3.63, 3.8) is 0 Å².